The van der Waals surface area contributed by atoms with Crippen LogP contribution in [0, 0.1) is 3.57 Å². The summed E-state index contributed by atoms with van der Waals surface area (Å²) in [6, 6.07) is 16.2. The van der Waals surface area contributed by atoms with Crippen LogP contribution in [0.5, 0.6) is 5.75 Å². The van der Waals surface area contributed by atoms with Crippen molar-refractivity contribution >= 4 is 22.6 Å². The van der Waals surface area contributed by atoms with Crippen LogP contribution in [-0.4, -0.2) is 11.2 Å². The highest BCUT2D eigenvalue weighted by Gasteiger charge is 2.00. The molecule has 1 N–H and O–H groups in total. The Kier molecular flexibility index (Phi) is 5.22. The van der Waals surface area contributed by atoms with Crippen molar-refractivity contribution in [3.63, 3.8) is 0 Å². The Morgan fingerprint density at radius 1 is 1.00 bits per heavy atom. The van der Waals surface area contributed by atoms with Gasteiger partial charge in [0.05, 0.1) is 6.10 Å². The zero-order valence-electron chi connectivity index (χ0n) is 10.8. The van der Waals surface area contributed by atoms with Crippen LogP contribution in [0.4, 0.5) is 0 Å². The van der Waals surface area contributed by atoms with Gasteiger partial charge in [-0.25, -0.2) is 0 Å². The van der Waals surface area contributed by atoms with E-state index < -0.39 is 0 Å². The van der Waals surface area contributed by atoms with Gasteiger partial charge >= 0.3 is 0 Å². The van der Waals surface area contributed by atoms with E-state index in [4.69, 9.17) is 4.74 Å². The van der Waals surface area contributed by atoms with Crippen molar-refractivity contribution in [3.05, 3.63) is 63.2 Å². The summed E-state index contributed by atoms with van der Waals surface area (Å²) >= 11 is 2.29. The Balaban J connectivity index is 1.91. The molecule has 2 nitrogen and oxygen atoms in total. The summed E-state index contributed by atoms with van der Waals surface area (Å²) in [6.45, 7) is 2.37. The Labute approximate surface area is 127 Å². The molecular formula is C16H17IO2. The maximum atomic E-state index is 9.32. The highest BCUT2D eigenvalue weighted by atomic mass is 127. The van der Waals surface area contributed by atoms with Crippen LogP contribution in [-0.2, 0) is 13.0 Å². The van der Waals surface area contributed by atoms with Crippen LogP contribution in [0.1, 0.15) is 18.1 Å². The molecular weight excluding hydrogens is 351 g/mol. The molecule has 0 saturated heterocycles. The zero-order chi connectivity index (χ0) is 13.7. The minimum Gasteiger partial charge on any atom is -0.489 e. The Morgan fingerprint density at radius 2 is 1.58 bits per heavy atom. The van der Waals surface area contributed by atoms with Gasteiger partial charge in [0.2, 0.25) is 0 Å². The molecule has 1 atom stereocenters. The first-order chi connectivity index (χ1) is 9.13. The molecule has 19 heavy (non-hydrogen) atoms. The number of halogens is 1. The average Bonchev–Trinajstić information content (AvgIpc) is 2.39. The summed E-state index contributed by atoms with van der Waals surface area (Å²) in [7, 11) is 0. The van der Waals surface area contributed by atoms with Gasteiger partial charge in [0, 0.05) is 3.57 Å². The van der Waals surface area contributed by atoms with Crippen LogP contribution in [0.25, 0.3) is 0 Å². The van der Waals surface area contributed by atoms with Gasteiger partial charge in [0.15, 0.2) is 0 Å². The smallest absolute Gasteiger partial charge is 0.119 e. The van der Waals surface area contributed by atoms with Crippen molar-refractivity contribution in [3.8, 4) is 5.75 Å². The summed E-state index contributed by atoms with van der Waals surface area (Å²) < 4.78 is 6.95. The predicted molar refractivity (Wildman–Crippen MR) is 85.3 cm³/mol. The minimum atomic E-state index is -0.307. The molecule has 3 heteroatoms. The molecule has 0 aliphatic carbocycles. The number of aliphatic hydroxyl groups excluding tert-OH is 1. The summed E-state index contributed by atoms with van der Waals surface area (Å²) in [5.74, 6) is 0.855. The zero-order valence-corrected chi connectivity index (χ0v) is 13.0. The molecule has 0 amide bonds. The molecule has 2 aromatic carbocycles. The van der Waals surface area contributed by atoms with Gasteiger partial charge in [0.25, 0.3) is 0 Å². The third-order valence-electron chi connectivity index (χ3n) is 2.77. The lowest BCUT2D eigenvalue weighted by molar-refractivity contribution is 0.195. The highest BCUT2D eigenvalue weighted by Crippen LogP contribution is 2.16. The maximum absolute atomic E-state index is 9.32. The fraction of sp³-hybridized carbons (Fsp3) is 0.250. The van der Waals surface area contributed by atoms with Crippen molar-refractivity contribution < 1.29 is 9.84 Å². The van der Waals surface area contributed by atoms with Crippen molar-refractivity contribution in [2.75, 3.05) is 0 Å². The van der Waals surface area contributed by atoms with Gasteiger partial charge < -0.3 is 9.84 Å². The number of hydrogen-bond donors (Lipinski definition) is 1. The molecule has 0 heterocycles. The Bertz CT molecular complexity index is 503. The number of hydrogen-bond acceptors (Lipinski definition) is 2. The van der Waals surface area contributed by atoms with Gasteiger partial charge in [-0.15, -0.1) is 0 Å². The molecule has 100 valence electrons. The van der Waals surface area contributed by atoms with Crippen molar-refractivity contribution in [1.29, 1.82) is 0 Å². The fourth-order valence-corrected chi connectivity index (χ4v) is 2.17. The van der Waals surface area contributed by atoms with Crippen molar-refractivity contribution in [2.24, 2.45) is 0 Å². The molecule has 0 bridgehead atoms. The first-order valence-electron chi connectivity index (χ1n) is 6.28. The predicted octanol–water partition coefficient (Wildman–Crippen LogP) is 3.79. The van der Waals surface area contributed by atoms with E-state index in [2.05, 4.69) is 46.9 Å². The summed E-state index contributed by atoms with van der Waals surface area (Å²) in [4.78, 5) is 0. The topological polar surface area (TPSA) is 29.5 Å². The van der Waals surface area contributed by atoms with Crippen LogP contribution in [0.3, 0.4) is 0 Å². The van der Waals surface area contributed by atoms with E-state index in [0.29, 0.717) is 13.0 Å². The molecule has 0 aliphatic rings. The summed E-state index contributed by atoms with van der Waals surface area (Å²) in [6.07, 6.45) is 0.371. The van der Waals surface area contributed by atoms with Crippen LogP contribution < -0.4 is 4.74 Å². The normalized spacial score (nSPS) is 12.2. The molecule has 0 aromatic heterocycles. The maximum Gasteiger partial charge on any atom is 0.119 e. The average molecular weight is 368 g/mol. The van der Waals surface area contributed by atoms with Gasteiger partial charge in [0.1, 0.15) is 12.4 Å². The van der Waals surface area contributed by atoms with Crippen molar-refractivity contribution in [2.45, 2.75) is 26.1 Å². The molecule has 0 spiro atoms. The lowest BCUT2D eigenvalue weighted by Gasteiger charge is -2.08. The number of rotatable bonds is 5. The second-order valence-electron chi connectivity index (χ2n) is 4.61. The monoisotopic (exact) mass is 368 g/mol. The molecule has 1 unspecified atom stereocenters. The minimum absolute atomic E-state index is 0.307. The highest BCUT2D eigenvalue weighted by molar-refractivity contribution is 14.1. The van der Waals surface area contributed by atoms with Gasteiger partial charge in [-0.1, -0.05) is 24.3 Å². The van der Waals surface area contributed by atoms with Gasteiger partial charge in [-0.3, -0.25) is 0 Å². The lowest BCUT2D eigenvalue weighted by atomic mass is 10.1. The standard InChI is InChI=1S/C16H17IO2/c1-12(18)10-13-4-8-16(9-5-13)19-11-14-2-6-15(17)7-3-14/h2-9,12,18H,10-11H2,1H3. The van der Waals surface area contributed by atoms with E-state index in [1.54, 1.807) is 6.92 Å². The second-order valence-corrected chi connectivity index (χ2v) is 5.86. The van der Waals surface area contributed by atoms with Gasteiger partial charge in [-0.05, 0) is 71.3 Å². The molecule has 0 saturated carbocycles. The van der Waals surface area contributed by atoms with E-state index in [-0.39, 0.29) is 6.10 Å². The van der Waals surface area contributed by atoms with E-state index in [9.17, 15) is 5.11 Å². The fourth-order valence-electron chi connectivity index (χ4n) is 1.81. The molecule has 0 fully saturated rings. The van der Waals surface area contributed by atoms with Crippen LogP contribution >= 0.6 is 22.6 Å². The van der Waals surface area contributed by atoms with E-state index >= 15 is 0 Å². The van der Waals surface area contributed by atoms with E-state index in [1.807, 2.05) is 24.3 Å². The summed E-state index contributed by atoms with van der Waals surface area (Å²) in [5.41, 5.74) is 2.28. The number of aliphatic hydroxyl groups is 1. The second kappa shape index (κ2) is 6.91. The molecule has 2 aromatic rings. The Morgan fingerprint density at radius 3 is 2.16 bits per heavy atom. The third-order valence-corrected chi connectivity index (χ3v) is 3.49. The van der Waals surface area contributed by atoms with Crippen molar-refractivity contribution in [1.82, 2.24) is 0 Å². The van der Waals surface area contributed by atoms with Gasteiger partial charge in [-0.2, -0.15) is 0 Å². The Hall–Kier alpha value is -1.07. The molecule has 0 radical (unpaired) electrons. The van der Waals surface area contributed by atoms with E-state index in [1.165, 1.54) is 3.57 Å². The lowest BCUT2D eigenvalue weighted by Crippen LogP contribution is -2.03. The molecule has 2 rings (SSSR count). The summed E-state index contributed by atoms with van der Waals surface area (Å²) in [5, 5.41) is 9.32. The number of ether oxygens (including phenoxy) is 1. The van der Waals surface area contributed by atoms with Crippen LogP contribution in [0.15, 0.2) is 48.5 Å². The third kappa shape index (κ3) is 4.84. The quantitative estimate of drug-likeness (QED) is 0.814. The largest absolute Gasteiger partial charge is 0.489 e. The molecule has 0 aliphatic heterocycles. The first kappa shape index (κ1) is 14.3. The van der Waals surface area contributed by atoms with E-state index in [0.717, 1.165) is 16.9 Å². The number of benzene rings is 2. The first-order valence-corrected chi connectivity index (χ1v) is 7.35. The SMILES string of the molecule is CC(O)Cc1ccc(OCc2ccc(I)cc2)cc1. The van der Waals surface area contributed by atoms with Crippen LogP contribution in [0.2, 0.25) is 0 Å².